The van der Waals surface area contributed by atoms with Crippen LogP contribution in [-0.4, -0.2) is 20.4 Å². The predicted molar refractivity (Wildman–Crippen MR) is 62.4 cm³/mol. The number of nitro groups is 1. The molecule has 1 heterocycles. The van der Waals surface area contributed by atoms with Crippen LogP contribution in [-0.2, 0) is 0 Å². The maximum absolute atomic E-state index is 10.9. The minimum absolute atomic E-state index is 0.0313. The van der Waals surface area contributed by atoms with Gasteiger partial charge in [0.05, 0.1) is 4.92 Å². The number of rotatable bonds is 3. The van der Waals surface area contributed by atoms with Gasteiger partial charge in [0.15, 0.2) is 0 Å². The van der Waals surface area contributed by atoms with E-state index in [-0.39, 0.29) is 27.5 Å². The van der Waals surface area contributed by atoms with Crippen molar-refractivity contribution in [3.05, 3.63) is 20.6 Å². The molecule has 8 heteroatoms. The number of halogens is 2. The second kappa shape index (κ2) is 3.43. The third kappa shape index (κ3) is 1.63. The van der Waals surface area contributed by atoms with Crippen LogP contribution in [0.15, 0.2) is 0 Å². The van der Waals surface area contributed by atoms with Crippen molar-refractivity contribution < 1.29 is 4.92 Å². The minimum Gasteiger partial charge on any atom is -0.359 e. The lowest BCUT2D eigenvalue weighted by Gasteiger charge is -2.61. The Hall–Kier alpha value is -1.14. The van der Waals surface area contributed by atoms with E-state index in [0.717, 1.165) is 25.2 Å². The summed E-state index contributed by atoms with van der Waals surface area (Å²) >= 11 is 11.4. The summed E-state index contributed by atoms with van der Waals surface area (Å²) in [6.45, 7) is 0. The van der Waals surface area contributed by atoms with E-state index in [4.69, 9.17) is 23.2 Å². The Balaban J connectivity index is 1.98. The van der Waals surface area contributed by atoms with Crippen LogP contribution in [0.5, 0.6) is 0 Å². The summed E-state index contributed by atoms with van der Waals surface area (Å²) in [5.74, 6) is 0.882. The summed E-state index contributed by atoms with van der Waals surface area (Å²) in [6.07, 6.45) is 3.09. The minimum atomic E-state index is -0.591. The molecule has 4 rings (SSSR count). The summed E-state index contributed by atoms with van der Waals surface area (Å²) < 4.78 is 0. The van der Waals surface area contributed by atoms with Gasteiger partial charge in [0.25, 0.3) is 0 Å². The normalized spacial score (nSPS) is 29.2. The quantitative estimate of drug-likeness (QED) is 0.397. The van der Waals surface area contributed by atoms with Gasteiger partial charge in [0.2, 0.25) is 16.3 Å². The molecule has 0 aromatic carbocycles. The van der Waals surface area contributed by atoms with E-state index >= 15 is 0 Å². The van der Waals surface area contributed by atoms with Gasteiger partial charge in [0, 0.05) is 5.54 Å². The number of aromatic nitrogens is 2. The van der Waals surface area contributed by atoms with Crippen LogP contribution < -0.4 is 5.32 Å². The molecule has 0 atom stereocenters. The molecule has 17 heavy (non-hydrogen) atoms. The smallest absolute Gasteiger partial charge is 0.348 e. The molecule has 6 nitrogen and oxygen atoms in total. The molecule has 1 aromatic rings. The van der Waals surface area contributed by atoms with Crippen molar-refractivity contribution in [3.8, 4) is 0 Å². The van der Waals surface area contributed by atoms with Crippen molar-refractivity contribution in [1.29, 1.82) is 0 Å². The fourth-order valence-corrected chi connectivity index (χ4v) is 2.98. The first-order valence-corrected chi connectivity index (χ1v) is 5.90. The van der Waals surface area contributed by atoms with Crippen molar-refractivity contribution in [3.63, 3.8) is 0 Å². The van der Waals surface area contributed by atoms with Crippen molar-refractivity contribution in [1.82, 2.24) is 9.97 Å². The monoisotopic (exact) mass is 274 g/mol. The van der Waals surface area contributed by atoms with Gasteiger partial charge in [-0.25, -0.2) is 0 Å². The van der Waals surface area contributed by atoms with Gasteiger partial charge in [-0.3, -0.25) is 10.1 Å². The van der Waals surface area contributed by atoms with Crippen LogP contribution in [0.2, 0.25) is 10.4 Å². The van der Waals surface area contributed by atoms with Crippen molar-refractivity contribution in [2.75, 3.05) is 5.32 Å². The molecule has 0 amide bonds. The summed E-state index contributed by atoms with van der Waals surface area (Å²) in [5, 5.41) is 13.7. The molecule has 3 fully saturated rings. The highest BCUT2D eigenvalue weighted by atomic mass is 35.5. The van der Waals surface area contributed by atoms with Crippen LogP contribution in [0.4, 0.5) is 11.5 Å². The van der Waals surface area contributed by atoms with Gasteiger partial charge in [-0.2, -0.15) is 9.97 Å². The van der Waals surface area contributed by atoms with E-state index in [1.165, 1.54) is 0 Å². The van der Waals surface area contributed by atoms with Gasteiger partial charge < -0.3 is 5.32 Å². The summed E-state index contributed by atoms with van der Waals surface area (Å²) in [5.41, 5.74) is -0.336. The Morgan fingerprint density at radius 2 is 2.00 bits per heavy atom. The highest BCUT2D eigenvalue weighted by Crippen LogP contribution is 2.59. The van der Waals surface area contributed by atoms with E-state index in [2.05, 4.69) is 15.3 Å². The van der Waals surface area contributed by atoms with Gasteiger partial charge in [0.1, 0.15) is 0 Å². The van der Waals surface area contributed by atoms with E-state index in [9.17, 15) is 10.1 Å². The number of hydrogen-bond acceptors (Lipinski definition) is 5. The van der Waals surface area contributed by atoms with Crippen LogP contribution in [0.1, 0.15) is 19.3 Å². The molecular weight excluding hydrogens is 267 g/mol. The highest BCUT2D eigenvalue weighted by molar-refractivity contribution is 6.33. The summed E-state index contributed by atoms with van der Waals surface area (Å²) in [4.78, 5) is 17.8. The molecule has 2 bridgehead atoms. The SMILES string of the molecule is O=[N+]([O-])c1c(Cl)nc(Cl)nc1NC12CC(C1)C2. The number of nitrogens with zero attached hydrogens (tertiary/aromatic N) is 3. The van der Waals surface area contributed by atoms with Crippen molar-refractivity contribution in [2.45, 2.75) is 24.8 Å². The average molecular weight is 275 g/mol. The van der Waals surface area contributed by atoms with E-state index in [1.807, 2.05) is 0 Å². The molecule has 1 N–H and O–H groups in total. The molecular formula is C9H8Cl2N4O2. The average Bonchev–Trinajstić information content (AvgIpc) is 2.07. The third-order valence-corrected chi connectivity index (χ3v) is 3.85. The van der Waals surface area contributed by atoms with Gasteiger partial charge in [-0.15, -0.1) is 0 Å². The first-order chi connectivity index (χ1) is 7.99. The van der Waals surface area contributed by atoms with Crippen LogP contribution in [0.3, 0.4) is 0 Å². The van der Waals surface area contributed by atoms with E-state index in [0.29, 0.717) is 0 Å². The highest BCUT2D eigenvalue weighted by Gasteiger charge is 2.57. The van der Waals surface area contributed by atoms with Crippen LogP contribution >= 0.6 is 23.2 Å². The Kier molecular flexibility index (Phi) is 2.21. The molecule has 90 valence electrons. The van der Waals surface area contributed by atoms with E-state index < -0.39 is 4.92 Å². The molecule has 0 saturated heterocycles. The fraction of sp³-hybridized carbons (Fsp3) is 0.556. The van der Waals surface area contributed by atoms with Gasteiger partial charge in [-0.1, -0.05) is 11.6 Å². The zero-order valence-electron chi connectivity index (χ0n) is 8.61. The molecule has 0 radical (unpaired) electrons. The lowest BCUT2D eigenvalue weighted by molar-refractivity contribution is -0.384. The lowest BCUT2D eigenvalue weighted by Crippen LogP contribution is -2.63. The number of nitrogens with one attached hydrogen (secondary N) is 1. The fourth-order valence-electron chi connectivity index (χ4n) is 2.53. The predicted octanol–water partition coefficient (Wildman–Crippen LogP) is 2.66. The molecule has 0 unspecified atom stereocenters. The number of anilines is 1. The summed E-state index contributed by atoms with van der Waals surface area (Å²) in [6, 6.07) is 0. The molecule has 3 aliphatic carbocycles. The Morgan fingerprint density at radius 1 is 1.35 bits per heavy atom. The van der Waals surface area contributed by atoms with Crippen molar-refractivity contribution in [2.24, 2.45) is 5.92 Å². The maximum Gasteiger partial charge on any atom is 0.348 e. The number of hydrogen-bond donors (Lipinski definition) is 1. The molecule has 3 saturated carbocycles. The van der Waals surface area contributed by atoms with Gasteiger partial charge in [-0.05, 0) is 36.8 Å². The molecule has 0 aliphatic heterocycles. The standard InChI is InChI=1S/C9H8Cl2N4O2/c10-6-5(15(16)17)7(13-8(11)12-6)14-9-1-4(2-9)3-9/h4H,1-3H2,(H,12,13,14). The molecule has 1 aromatic heterocycles. The second-order valence-electron chi connectivity index (χ2n) is 4.62. The topological polar surface area (TPSA) is 81.0 Å². The Labute approximate surface area is 106 Å². The zero-order valence-corrected chi connectivity index (χ0v) is 10.1. The van der Waals surface area contributed by atoms with Crippen LogP contribution in [0.25, 0.3) is 0 Å². The summed E-state index contributed by atoms with van der Waals surface area (Å²) in [7, 11) is 0. The first-order valence-electron chi connectivity index (χ1n) is 5.15. The Morgan fingerprint density at radius 3 is 2.47 bits per heavy atom. The van der Waals surface area contributed by atoms with Gasteiger partial charge >= 0.3 is 5.69 Å². The molecule has 0 spiro atoms. The molecule has 3 aliphatic rings. The Bertz CT molecular complexity index is 505. The first kappa shape index (κ1) is 11.0. The van der Waals surface area contributed by atoms with E-state index in [1.54, 1.807) is 0 Å². The van der Waals surface area contributed by atoms with Crippen LogP contribution in [0, 0.1) is 16.0 Å². The second-order valence-corrected chi connectivity index (χ2v) is 5.32. The largest absolute Gasteiger partial charge is 0.359 e. The van der Waals surface area contributed by atoms with Crippen molar-refractivity contribution >= 4 is 34.7 Å². The zero-order chi connectivity index (χ0) is 12.2. The maximum atomic E-state index is 10.9. The lowest BCUT2D eigenvalue weighted by atomic mass is 9.50. The third-order valence-electron chi connectivity index (χ3n) is 3.42.